The normalized spacial score (nSPS) is 14.3. The number of hydrogen-bond acceptors (Lipinski definition) is 5. The number of fused-ring (bicyclic) bond motifs is 2. The number of carbonyl (C=O) groups is 1. The van der Waals surface area contributed by atoms with Gasteiger partial charge >= 0.3 is 5.76 Å². The van der Waals surface area contributed by atoms with Crippen molar-refractivity contribution in [1.29, 1.82) is 0 Å². The number of benzene rings is 2. The summed E-state index contributed by atoms with van der Waals surface area (Å²) in [6.07, 6.45) is 1.15. The number of sulfonamides is 1. The maximum absolute atomic E-state index is 13.2. The zero-order valence-electron chi connectivity index (χ0n) is 14.5. The molecule has 1 aromatic heterocycles. The summed E-state index contributed by atoms with van der Waals surface area (Å²) in [5, 5.41) is 0. The van der Waals surface area contributed by atoms with Crippen LogP contribution < -0.4 is 15.8 Å². The molecule has 1 amide bonds. The number of anilines is 1. The van der Waals surface area contributed by atoms with E-state index in [0.717, 1.165) is 0 Å². The van der Waals surface area contributed by atoms with E-state index in [0.29, 0.717) is 35.2 Å². The molecule has 2 N–H and O–H groups in total. The Bertz CT molecular complexity index is 1240. The van der Waals surface area contributed by atoms with E-state index in [4.69, 9.17) is 10.2 Å². The first-order valence-corrected chi connectivity index (χ1v) is 9.79. The van der Waals surface area contributed by atoms with Crippen LogP contribution in [0.2, 0.25) is 0 Å². The SMILES string of the molecule is Cn1c(=O)oc2cc(S(=O)(=O)N3CCCc4c(C(N)=O)cccc43)ccc21. The first kappa shape index (κ1) is 17.3. The molecule has 27 heavy (non-hydrogen) atoms. The quantitative estimate of drug-likeness (QED) is 0.729. The lowest BCUT2D eigenvalue weighted by molar-refractivity contribution is 0.0999. The van der Waals surface area contributed by atoms with Crippen LogP contribution in [0.3, 0.4) is 0 Å². The lowest BCUT2D eigenvalue weighted by Gasteiger charge is -2.31. The Labute approximate surface area is 154 Å². The summed E-state index contributed by atoms with van der Waals surface area (Å²) >= 11 is 0. The molecule has 0 unspecified atom stereocenters. The first-order chi connectivity index (χ1) is 12.8. The Morgan fingerprint density at radius 2 is 2.00 bits per heavy atom. The first-order valence-electron chi connectivity index (χ1n) is 8.35. The van der Waals surface area contributed by atoms with E-state index >= 15 is 0 Å². The van der Waals surface area contributed by atoms with Crippen molar-refractivity contribution < 1.29 is 17.6 Å². The summed E-state index contributed by atoms with van der Waals surface area (Å²) < 4.78 is 34.2. The molecule has 2 heterocycles. The van der Waals surface area contributed by atoms with Gasteiger partial charge < -0.3 is 10.2 Å². The van der Waals surface area contributed by atoms with E-state index in [1.165, 1.54) is 27.1 Å². The average molecular weight is 387 g/mol. The fraction of sp³-hybridized carbons (Fsp3) is 0.222. The molecule has 3 aromatic rings. The monoisotopic (exact) mass is 387 g/mol. The van der Waals surface area contributed by atoms with Gasteiger partial charge in [-0.2, -0.15) is 0 Å². The molecule has 0 saturated heterocycles. The van der Waals surface area contributed by atoms with Gasteiger partial charge in [-0.15, -0.1) is 0 Å². The molecule has 140 valence electrons. The smallest absolute Gasteiger partial charge is 0.408 e. The minimum absolute atomic E-state index is 0.0154. The summed E-state index contributed by atoms with van der Waals surface area (Å²) in [6, 6.07) is 9.21. The standard InChI is InChI=1S/C18H17N3O5S/c1-20-15-8-7-11(10-16(15)26-18(20)23)27(24,25)21-9-3-5-12-13(17(19)22)4-2-6-14(12)21/h2,4,6-8,10H,3,5,9H2,1H3,(H2,19,22). The van der Waals surface area contributed by atoms with E-state index < -0.39 is 21.7 Å². The van der Waals surface area contributed by atoms with Crippen LogP contribution in [0, 0.1) is 0 Å². The number of rotatable bonds is 3. The molecule has 0 aliphatic carbocycles. The Balaban J connectivity index is 1.86. The topological polar surface area (TPSA) is 116 Å². The van der Waals surface area contributed by atoms with Crippen molar-refractivity contribution in [2.24, 2.45) is 12.8 Å². The highest BCUT2D eigenvalue weighted by atomic mass is 32.2. The number of primary amides is 1. The molecule has 4 rings (SSSR count). The molecular formula is C18H17N3O5S. The zero-order chi connectivity index (χ0) is 19.3. The van der Waals surface area contributed by atoms with Crippen molar-refractivity contribution in [3.63, 3.8) is 0 Å². The second-order valence-electron chi connectivity index (χ2n) is 6.40. The van der Waals surface area contributed by atoms with Gasteiger partial charge in [-0.05, 0) is 42.7 Å². The summed E-state index contributed by atoms with van der Waals surface area (Å²) in [6.45, 7) is 0.286. The maximum Gasteiger partial charge on any atom is 0.419 e. The number of nitrogens with zero attached hydrogens (tertiary/aromatic N) is 2. The van der Waals surface area contributed by atoms with Crippen molar-refractivity contribution in [1.82, 2.24) is 4.57 Å². The number of hydrogen-bond donors (Lipinski definition) is 1. The number of carbonyl (C=O) groups excluding carboxylic acids is 1. The molecule has 0 saturated carbocycles. The average Bonchev–Trinajstić information content (AvgIpc) is 2.94. The maximum atomic E-state index is 13.2. The third kappa shape index (κ3) is 2.62. The van der Waals surface area contributed by atoms with Crippen LogP contribution in [0.25, 0.3) is 11.1 Å². The van der Waals surface area contributed by atoms with Gasteiger partial charge in [0, 0.05) is 25.2 Å². The van der Waals surface area contributed by atoms with Gasteiger partial charge in [-0.3, -0.25) is 13.7 Å². The number of oxazole rings is 1. The van der Waals surface area contributed by atoms with Gasteiger partial charge in [-0.1, -0.05) is 6.07 Å². The van der Waals surface area contributed by atoms with Crippen LogP contribution in [-0.2, 0) is 23.5 Å². The Morgan fingerprint density at radius 1 is 1.22 bits per heavy atom. The van der Waals surface area contributed by atoms with Gasteiger partial charge in [0.2, 0.25) is 5.91 Å². The van der Waals surface area contributed by atoms with E-state index in [-0.39, 0.29) is 17.0 Å². The minimum Gasteiger partial charge on any atom is -0.408 e. The molecule has 9 heteroatoms. The van der Waals surface area contributed by atoms with E-state index in [1.54, 1.807) is 25.2 Å². The molecule has 1 aliphatic heterocycles. The van der Waals surface area contributed by atoms with Crippen LogP contribution in [0.5, 0.6) is 0 Å². The van der Waals surface area contributed by atoms with Gasteiger partial charge in [-0.25, -0.2) is 13.2 Å². The molecule has 0 spiro atoms. The van der Waals surface area contributed by atoms with Gasteiger partial charge in [0.1, 0.15) is 0 Å². The van der Waals surface area contributed by atoms with Crippen molar-refractivity contribution >= 4 is 32.7 Å². The van der Waals surface area contributed by atoms with Gasteiger partial charge in [0.15, 0.2) is 5.58 Å². The van der Waals surface area contributed by atoms with Crippen LogP contribution in [-0.4, -0.2) is 25.4 Å². The third-order valence-electron chi connectivity index (χ3n) is 4.83. The fourth-order valence-electron chi connectivity index (χ4n) is 3.47. The number of aryl methyl sites for hydroxylation is 1. The lowest BCUT2D eigenvalue weighted by atomic mass is 9.97. The van der Waals surface area contributed by atoms with E-state index in [2.05, 4.69) is 0 Å². The highest BCUT2D eigenvalue weighted by molar-refractivity contribution is 7.92. The van der Waals surface area contributed by atoms with E-state index in [1.807, 2.05) is 0 Å². The van der Waals surface area contributed by atoms with Crippen LogP contribution in [0.15, 0.2) is 50.5 Å². The minimum atomic E-state index is -3.90. The second-order valence-corrected chi connectivity index (χ2v) is 8.27. The second kappa shape index (κ2) is 5.98. The molecular weight excluding hydrogens is 370 g/mol. The lowest BCUT2D eigenvalue weighted by Crippen LogP contribution is -2.36. The van der Waals surface area contributed by atoms with Crippen LogP contribution in [0.4, 0.5) is 5.69 Å². The Kier molecular flexibility index (Phi) is 3.84. The zero-order valence-corrected chi connectivity index (χ0v) is 15.3. The van der Waals surface area contributed by atoms with Crippen molar-refractivity contribution in [3.8, 4) is 0 Å². The number of amides is 1. The third-order valence-corrected chi connectivity index (χ3v) is 6.63. The van der Waals surface area contributed by atoms with Crippen molar-refractivity contribution in [2.75, 3.05) is 10.8 Å². The Hall–Kier alpha value is -3.07. The van der Waals surface area contributed by atoms with Crippen molar-refractivity contribution in [3.05, 3.63) is 58.1 Å². The van der Waals surface area contributed by atoms with Gasteiger partial charge in [0.25, 0.3) is 10.0 Å². The molecule has 0 fully saturated rings. The highest BCUT2D eigenvalue weighted by Crippen LogP contribution is 2.34. The molecule has 8 nitrogen and oxygen atoms in total. The molecule has 0 bridgehead atoms. The highest BCUT2D eigenvalue weighted by Gasteiger charge is 2.31. The summed E-state index contributed by atoms with van der Waals surface area (Å²) in [5.74, 6) is -1.15. The Morgan fingerprint density at radius 3 is 2.74 bits per heavy atom. The van der Waals surface area contributed by atoms with E-state index in [9.17, 15) is 18.0 Å². The summed E-state index contributed by atoms with van der Waals surface area (Å²) in [5.41, 5.74) is 7.55. The predicted molar refractivity (Wildman–Crippen MR) is 99.3 cm³/mol. The summed E-state index contributed by atoms with van der Waals surface area (Å²) in [4.78, 5) is 23.4. The molecule has 0 atom stereocenters. The van der Waals surface area contributed by atoms with Crippen LogP contribution in [0.1, 0.15) is 22.3 Å². The molecule has 2 aromatic carbocycles. The van der Waals surface area contributed by atoms with Gasteiger partial charge in [0.05, 0.1) is 16.1 Å². The number of nitrogens with two attached hydrogens (primary N) is 1. The summed E-state index contributed by atoms with van der Waals surface area (Å²) in [7, 11) is -2.35. The predicted octanol–water partition coefficient (Wildman–Crippen LogP) is 1.37. The fourth-order valence-corrected chi connectivity index (χ4v) is 5.02. The van der Waals surface area contributed by atoms with Crippen LogP contribution >= 0.6 is 0 Å². The number of aromatic nitrogens is 1. The molecule has 1 aliphatic rings. The van der Waals surface area contributed by atoms with Crippen molar-refractivity contribution in [2.45, 2.75) is 17.7 Å². The largest absolute Gasteiger partial charge is 0.419 e. The molecule has 0 radical (unpaired) electrons.